The first-order chi connectivity index (χ1) is 22.6. The molecule has 0 aromatic rings. The van der Waals surface area contributed by atoms with Gasteiger partial charge in [-0.2, -0.15) is 0 Å². The van der Waals surface area contributed by atoms with E-state index in [1.807, 2.05) is 16.7 Å². The Morgan fingerprint density at radius 3 is 2.70 bits per heavy atom. The molecule has 12 bridgehead atoms. The second-order valence-electron chi connectivity index (χ2n) is 21.8. The molecule has 2 unspecified atom stereocenters. The van der Waals surface area contributed by atoms with Crippen molar-refractivity contribution in [3.8, 4) is 0 Å². The van der Waals surface area contributed by atoms with Crippen molar-refractivity contribution in [2.75, 3.05) is 40.8 Å². The fraction of sp³-hybridized carbons (Fsp3) is 0.907. The summed E-state index contributed by atoms with van der Waals surface area (Å²) in [5, 5.41) is 0. The van der Waals surface area contributed by atoms with E-state index in [2.05, 4.69) is 50.9 Å². The highest BCUT2D eigenvalue weighted by atomic mass is 16.5. The summed E-state index contributed by atoms with van der Waals surface area (Å²) in [4.78, 5) is 5.58. The van der Waals surface area contributed by atoms with Gasteiger partial charge in [0.25, 0.3) is 0 Å². The van der Waals surface area contributed by atoms with Gasteiger partial charge in [0.15, 0.2) is 0 Å². The highest BCUT2D eigenvalue weighted by Crippen LogP contribution is 2.88. The summed E-state index contributed by atoms with van der Waals surface area (Å²) < 4.78 is 15.2. The number of fused-ring (bicyclic) bond motifs is 3. The van der Waals surface area contributed by atoms with Crippen molar-refractivity contribution in [1.29, 1.82) is 0 Å². The van der Waals surface area contributed by atoms with Gasteiger partial charge in [-0.05, 0) is 155 Å². The molecular formula is C43H60N2O2. The Hall–Kier alpha value is -0.680. The third-order valence-corrected chi connectivity index (χ3v) is 20.6. The Morgan fingerprint density at radius 2 is 1.83 bits per heavy atom. The van der Waals surface area contributed by atoms with Crippen LogP contribution in [0.1, 0.15) is 104 Å². The van der Waals surface area contributed by atoms with E-state index >= 15 is 0 Å². The second-order valence-corrected chi connectivity index (χ2v) is 21.8. The molecule has 8 saturated carbocycles. The minimum atomic E-state index is 0.0566. The molecule has 15 rings (SSSR count). The van der Waals surface area contributed by atoms with Gasteiger partial charge in [-0.15, -0.1) is 0 Å². The maximum Gasteiger partial charge on any atom is 0.0745 e. The maximum absolute atomic E-state index is 8.26. The lowest BCUT2D eigenvalue weighted by molar-refractivity contribution is -0.308. The van der Waals surface area contributed by atoms with Crippen LogP contribution in [0.4, 0.5) is 0 Å². The van der Waals surface area contributed by atoms with Gasteiger partial charge in [-0.1, -0.05) is 31.9 Å². The average molecular weight is 637 g/mol. The molecule has 3 aliphatic heterocycles. The first-order valence-electron chi connectivity index (χ1n) is 20.6. The molecular weight excluding hydrogens is 576 g/mol. The SMILES string of the molecule is CO[C@H]1[C@H]2[C@@H]3N(C)C[C@]4(C)CCC[C@]35[C@@H]3C[C@H]1[C@]1(CC[C@@]67C8C=C9C%10=C(CC[C@@]9(CC86)[C@@H]7O1)[C@@]1(C)C[C@@H](C%10)CN(C)C1)C[C@]23CC[C@@H]45. The molecule has 5 spiro atoms. The lowest BCUT2D eigenvalue weighted by Crippen LogP contribution is -2.70. The molecule has 4 heteroatoms. The molecule has 0 aromatic heterocycles. The molecule has 0 radical (unpaired) electrons. The van der Waals surface area contributed by atoms with Crippen molar-refractivity contribution in [1.82, 2.24) is 9.80 Å². The molecule has 4 nitrogen and oxygen atoms in total. The number of piperidine rings is 2. The van der Waals surface area contributed by atoms with Crippen LogP contribution in [-0.2, 0) is 9.47 Å². The molecule has 12 aliphatic carbocycles. The first-order valence-corrected chi connectivity index (χ1v) is 20.6. The average Bonchev–Trinajstić information content (AvgIpc) is 3.55. The largest absolute Gasteiger partial charge is 0.381 e. The van der Waals surface area contributed by atoms with Crippen LogP contribution in [0.2, 0.25) is 0 Å². The zero-order valence-corrected chi connectivity index (χ0v) is 30.1. The smallest absolute Gasteiger partial charge is 0.0745 e. The zero-order chi connectivity index (χ0) is 31.3. The van der Waals surface area contributed by atoms with Crippen LogP contribution in [0.3, 0.4) is 0 Å². The van der Waals surface area contributed by atoms with Crippen LogP contribution >= 0.6 is 0 Å². The Balaban J connectivity index is 0.914. The fourth-order valence-electron chi connectivity index (χ4n) is 20.4. The minimum Gasteiger partial charge on any atom is -0.381 e. The van der Waals surface area contributed by atoms with Gasteiger partial charge in [0, 0.05) is 60.9 Å². The monoisotopic (exact) mass is 636 g/mol. The third-order valence-electron chi connectivity index (χ3n) is 20.6. The molecule has 0 aromatic carbocycles. The molecule has 0 N–H and O–H groups in total. The fourth-order valence-corrected chi connectivity index (χ4v) is 20.4. The van der Waals surface area contributed by atoms with E-state index in [0.717, 1.165) is 41.5 Å². The highest BCUT2D eigenvalue weighted by molar-refractivity contribution is 5.56. The van der Waals surface area contributed by atoms with E-state index in [9.17, 15) is 0 Å². The number of hydrogen-bond acceptors (Lipinski definition) is 4. The Bertz CT molecular complexity index is 1600. The van der Waals surface area contributed by atoms with Gasteiger partial charge in [0.2, 0.25) is 0 Å². The van der Waals surface area contributed by atoms with Crippen LogP contribution in [0.5, 0.6) is 0 Å². The van der Waals surface area contributed by atoms with Gasteiger partial charge in [-0.3, -0.25) is 0 Å². The van der Waals surface area contributed by atoms with Crippen molar-refractivity contribution in [2.45, 2.75) is 128 Å². The van der Waals surface area contributed by atoms with Gasteiger partial charge >= 0.3 is 0 Å². The molecule has 254 valence electrons. The Morgan fingerprint density at radius 1 is 0.936 bits per heavy atom. The van der Waals surface area contributed by atoms with E-state index < -0.39 is 0 Å². The van der Waals surface area contributed by atoms with Crippen LogP contribution in [0.25, 0.3) is 0 Å². The summed E-state index contributed by atoms with van der Waals surface area (Å²) in [6.45, 7) is 9.23. The van der Waals surface area contributed by atoms with Crippen LogP contribution in [-0.4, -0.2) is 74.5 Å². The van der Waals surface area contributed by atoms with Gasteiger partial charge in [0.05, 0.1) is 17.8 Å². The number of rotatable bonds is 1. The Labute approximate surface area is 283 Å². The highest BCUT2D eigenvalue weighted by Gasteiger charge is 2.87. The third kappa shape index (κ3) is 2.64. The number of ether oxygens (including phenoxy) is 2. The summed E-state index contributed by atoms with van der Waals surface area (Å²) in [7, 11) is 7.03. The number of methoxy groups -OCH3 is 1. The first kappa shape index (κ1) is 28.0. The number of hydrogen-bond donors (Lipinski definition) is 0. The van der Waals surface area contributed by atoms with Crippen LogP contribution in [0, 0.1) is 73.9 Å². The topological polar surface area (TPSA) is 24.9 Å². The van der Waals surface area contributed by atoms with E-state index in [1.54, 1.807) is 0 Å². The zero-order valence-electron chi connectivity index (χ0n) is 30.1. The van der Waals surface area contributed by atoms with Gasteiger partial charge < -0.3 is 19.3 Å². The van der Waals surface area contributed by atoms with Gasteiger partial charge in [-0.25, -0.2) is 0 Å². The molecule has 11 fully saturated rings. The van der Waals surface area contributed by atoms with Crippen molar-refractivity contribution < 1.29 is 9.47 Å². The molecule has 3 saturated heterocycles. The summed E-state index contributed by atoms with van der Waals surface area (Å²) >= 11 is 0. The van der Waals surface area contributed by atoms with Crippen molar-refractivity contribution in [3.63, 3.8) is 0 Å². The molecule has 3 heterocycles. The van der Waals surface area contributed by atoms with Crippen molar-refractivity contribution in [2.24, 2.45) is 73.9 Å². The van der Waals surface area contributed by atoms with E-state index in [1.165, 1.54) is 110 Å². The summed E-state index contributed by atoms with van der Waals surface area (Å²) in [5.41, 5.74) is 8.36. The quantitative estimate of drug-likeness (QED) is 0.298. The van der Waals surface area contributed by atoms with Gasteiger partial charge in [0.1, 0.15) is 0 Å². The molecule has 0 amide bonds. The van der Waals surface area contributed by atoms with E-state index in [-0.39, 0.29) is 5.60 Å². The van der Waals surface area contributed by atoms with Crippen LogP contribution in [0.15, 0.2) is 22.8 Å². The number of allylic oxidation sites excluding steroid dienone is 2. The normalized spacial score (nSPS) is 66.3. The summed E-state index contributed by atoms with van der Waals surface area (Å²) in [6, 6.07) is 0.744. The summed E-state index contributed by atoms with van der Waals surface area (Å²) in [6.07, 6.45) is 23.7. The van der Waals surface area contributed by atoms with Crippen LogP contribution < -0.4 is 0 Å². The predicted octanol–water partition coefficient (Wildman–Crippen LogP) is 7.49. The standard InChI is InChI=1S/C43H60N2O2/c1-37-9-6-10-43-31(37)8-12-40-21-41(29(17-32(40)43)34(46-5)33(40)35(43)45(4)23-37)13-14-42-28-16-27-25-15-24-18-38(2,22-44(3)20-24)26(25)7-11-39(27,19-30(28)42)36(42)47-41/h16,24,28-36H,6-15,17-23H2,1-5H3/t24-,28?,29-,30?,31+,32-,33+,34-,35+,36+,37+,38+,39+,40+,41+,42-,43+/m1/s1. The van der Waals surface area contributed by atoms with E-state index in [0.29, 0.717) is 50.6 Å². The minimum absolute atomic E-state index is 0.0566. The number of likely N-dealkylation sites (tertiary alicyclic amines) is 2. The molecule has 17 atom stereocenters. The van der Waals surface area contributed by atoms with E-state index in [4.69, 9.17) is 9.47 Å². The predicted molar refractivity (Wildman–Crippen MR) is 182 cm³/mol. The lowest BCUT2D eigenvalue weighted by Gasteiger charge is -2.70. The lowest BCUT2D eigenvalue weighted by atomic mass is 9.38. The van der Waals surface area contributed by atoms with Crippen molar-refractivity contribution >= 4 is 0 Å². The molecule has 15 aliphatic rings. The second kappa shape index (κ2) is 7.88. The van der Waals surface area contributed by atoms with Crippen molar-refractivity contribution in [3.05, 3.63) is 22.8 Å². The number of nitrogens with zero attached hydrogens (tertiary/aromatic N) is 2. The summed E-state index contributed by atoms with van der Waals surface area (Å²) in [5.74, 6) is 5.76. The maximum atomic E-state index is 8.26. The molecule has 47 heavy (non-hydrogen) atoms. The Kier molecular flexibility index (Phi) is 4.69.